The summed E-state index contributed by atoms with van der Waals surface area (Å²) in [6, 6.07) is 3.57. The second-order valence-electron chi connectivity index (χ2n) is 7.85. The number of hydrogen-bond acceptors (Lipinski definition) is 6. The molecule has 156 valence electrons. The van der Waals surface area contributed by atoms with E-state index in [2.05, 4.69) is 32.4 Å². The van der Waals surface area contributed by atoms with Crippen LogP contribution in [0.1, 0.15) is 24.4 Å². The van der Waals surface area contributed by atoms with Gasteiger partial charge < -0.3 is 14.8 Å². The lowest BCUT2D eigenvalue weighted by molar-refractivity contribution is -0.118. The fourth-order valence-corrected chi connectivity index (χ4v) is 4.15. The van der Waals surface area contributed by atoms with E-state index < -0.39 is 0 Å². The minimum atomic E-state index is -0.266. The Labute approximate surface area is 176 Å². The fraction of sp³-hybridized carbons (Fsp3) is 0.391. The predicted molar refractivity (Wildman–Crippen MR) is 113 cm³/mol. The number of nitrogens with zero attached hydrogens (tertiary/aromatic N) is 3. The Morgan fingerprint density at radius 3 is 2.90 bits per heavy atom. The standard InChI is InChI=1S/C23H26N4O3/c1-15-20(13-25-16(2)26-15)30-14-23(17-8-5-4-6-9-17)12-18(23)21(28)27-19-10-7-11-24-22(19)29-3/h4-8,10-11,13,17-18H,9,12,14H2,1-3H3,(H,27,28)/t17?,18-,23+/m0/s1. The molecule has 1 N–H and O–H groups in total. The molecule has 0 radical (unpaired) electrons. The van der Waals surface area contributed by atoms with Crippen molar-refractivity contribution in [3.05, 3.63) is 60.3 Å². The number of nitrogens with one attached hydrogen (secondary N) is 1. The number of carbonyl (C=O) groups excluding carboxylic acids is 1. The molecule has 2 aromatic rings. The Morgan fingerprint density at radius 1 is 1.30 bits per heavy atom. The van der Waals surface area contributed by atoms with E-state index in [-0.39, 0.29) is 23.2 Å². The van der Waals surface area contributed by atoms with E-state index in [0.717, 1.165) is 18.5 Å². The number of ether oxygens (including phenoxy) is 2. The van der Waals surface area contributed by atoms with Crippen molar-refractivity contribution in [2.45, 2.75) is 26.7 Å². The van der Waals surface area contributed by atoms with Gasteiger partial charge >= 0.3 is 0 Å². The van der Waals surface area contributed by atoms with Crippen molar-refractivity contribution in [3.8, 4) is 11.6 Å². The molecule has 1 amide bonds. The minimum Gasteiger partial charge on any atom is -0.489 e. The van der Waals surface area contributed by atoms with E-state index in [1.54, 1.807) is 31.6 Å². The van der Waals surface area contributed by atoms with Crippen LogP contribution in [0.5, 0.6) is 11.6 Å². The quantitative estimate of drug-likeness (QED) is 0.755. The van der Waals surface area contributed by atoms with Crippen LogP contribution in [0.3, 0.4) is 0 Å². The lowest BCUT2D eigenvalue weighted by atomic mass is 9.82. The van der Waals surface area contributed by atoms with Gasteiger partial charge in [0, 0.05) is 17.5 Å². The van der Waals surface area contributed by atoms with Crippen LogP contribution in [-0.2, 0) is 4.79 Å². The summed E-state index contributed by atoms with van der Waals surface area (Å²) in [5.41, 5.74) is 1.12. The maximum absolute atomic E-state index is 13.1. The van der Waals surface area contributed by atoms with Gasteiger partial charge in [0.05, 0.1) is 25.6 Å². The first-order valence-corrected chi connectivity index (χ1v) is 10.1. The molecule has 0 spiro atoms. The smallest absolute Gasteiger partial charge is 0.237 e. The molecule has 1 saturated carbocycles. The van der Waals surface area contributed by atoms with Crippen molar-refractivity contribution in [2.24, 2.45) is 17.3 Å². The van der Waals surface area contributed by atoms with Crippen LogP contribution in [-0.4, -0.2) is 34.6 Å². The van der Waals surface area contributed by atoms with E-state index >= 15 is 0 Å². The Kier molecular flexibility index (Phi) is 5.53. The molecule has 0 bridgehead atoms. The Bertz CT molecular complexity index is 1000. The van der Waals surface area contributed by atoms with Gasteiger partial charge in [0.1, 0.15) is 11.5 Å². The molecule has 2 aromatic heterocycles. The molecular formula is C23H26N4O3. The summed E-state index contributed by atoms with van der Waals surface area (Å²) in [6.45, 7) is 4.20. The molecule has 7 heteroatoms. The van der Waals surface area contributed by atoms with Crippen molar-refractivity contribution in [1.82, 2.24) is 15.0 Å². The van der Waals surface area contributed by atoms with E-state index in [9.17, 15) is 4.79 Å². The number of amides is 1. The number of methoxy groups -OCH3 is 1. The van der Waals surface area contributed by atoms with Gasteiger partial charge in [0.25, 0.3) is 0 Å². The van der Waals surface area contributed by atoms with Crippen LogP contribution < -0.4 is 14.8 Å². The average Bonchev–Trinajstić information content (AvgIpc) is 3.50. The Hall–Kier alpha value is -3.22. The Morgan fingerprint density at radius 2 is 2.17 bits per heavy atom. The highest BCUT2D eigenvalue weighted by molar-refractivity contribution is 5.96. The van der Waals surface area contributed by atoms with Crippen LogP contribution in [0.2, 0.25) is 0 Å². The zero-order chi connectivity index (χ0) is 21.1. The molecule has 1 unspecified atom stereocenters. The first-order chi connectivity index (χ1) is 14.5. The van der Waals surface area contributed by atoms with E-state index in [4.69, 9.17) is 9.47 Å². The highest BCUT2D eigenvalue weighted by Crippen LogP contribution is 2.60. The van der Waals surface area contributed by atoms with Crippen molar-refractivity contribution in [2.75, 3.05) is 19.0 Å². The molecule has 0 aromatic carbocycles. The molecule has 0 aliphatic heterocycles. The van der Waals surface area contributed by atoms with Crippen molar-refractivity contribution >= 4 is 11.6 Å². The number of pyridine rings is 1. The SMILES string of the molecule is COc1ncccc1NC(=O)[C@@H]1C[C@@]1(COc1cnc(C)nc1C)C1C=CC=CC1. The number of carbonyl (C=O) groups is 1. The third kappa shape index (κ3) is 3.92. The zero-order valence-electron chi connectivity index (χ0n) is 17.5. The third-order valence-electron chi connectivity index (χ3n) is 5.93. The van der Waals surface area contributed by atoms with Gasteiger partial charge in [-0.2, -0.15) is 0 Å². The summed E-state index contributed by atoms with van der Waals surface area (Å²) in [4.78, 5) is 25.9. The summed E-state index contributed by atoms with van der Waals surface area (Å²) in [7, 11) is 1.54. The number of aromatic nitrogens is 3. The third-order valence-corrected chi connectivity index (χ3v) is 5.93. The Balaban J connectivity index is 1.52. The van der Waals surface area contributed by atoms with Gasteiger partial charge in [-0.3, -0.25) is 4.79 Å². The molecule has 2 heterocycles. The first-order valence-electron chi connectivity index (χ1n) is 10.1. The number of allylic oxidation sites excluding steroid dienone is 4. The maximum Gasteiger partial charge on any atom is 0.237 e. The highest BCUT2D eigenvalue weighted by atomic mass is 16.5. The normalized spacial score (nSPS) is 24.4. The summed E-state index contributed by atoms with van der Waals surface area (Å²) in [5, 5.41) is 2.99. The first kappa shape index (κ1) is 20.1. The predicted octanol–water partition coefficient (Wildman–Crippen LogP) is 3.65. The molecule has 4 rings (SSSR count). The molecule has 7 nitrogen and oxygen atoms in total. The van der Waals surface area contributed by atoms with Crippen molar-refractivity contribution in [1.29, 1.82) is 0 Å². The lowest BCUT2D eigenvalue weighted by Gasteiger charge is -2.26. The van der Waals surface area contributed by atoms with Crippen LogP contribution >= 0.6 is 0 Å². The number of aryl methyl sites for hydroxylation is 2. The van der Waals surface area contributed by atoms with Gasteiger partial charge in [0.2, 0.25) is 11.8 Å². The molecule has 0 saturated heterocycles. The van der Waals surface area contributed by atoms with Crippen LogP contribution in [0.4, 0.5) is 5.69 Å². The topological polar surface area (TPSA) is 86.2 Å². The van der Waals surface area contributed by atoms with Gasteiger partial charge in [0.15, 0.2) is 5.75 Å². The van der Waals surface area contributed by atoms with Crippen LogP contribution in [0.25, 0.3) is 0 Å². The maximum atomic E-state index is 13.1. The average molecular weight is 406 g/mol. The largest absolute Gasteiger partial charge is 0.489 e. The molecule has 30 heavy (non-hydrogen) atoms. The number of anilines is 1. The van der Waals surface area contributed by atoms with Gasteiger partial charge in [-0.1, -0.05) is 24.3 Å². The van der Waals surface area contributed by atoms with Crippen LogP contribution in [0, 0.1) is 31.1 Å². The van der Waals surface area contributed by atoms with E-state index in [0.29, 0.717) is 29.7 Å². The lowest BCUT2D eigenvalue weighted by Crippen LogP contribution is -2.29. The second-order valence-corrected chi connectivity index (χ2v) is 7.85. The summed E-state index contributed by atoms with van der Waals surface area (Å²) in [5.74, 6) is 1.82. The summed E-state index contributed by atoms with van der Waals surface area (Å²) >= 11 is 0. The minimum absolute atomic E-state index is 0.0373. The molecule has 2 aliphatic carbocycles. The molecular weight excluding hydrogens is 380 g/mol. The molecule has 3 atom stereocenters. The van der Waals surface area contributed by atoms with E-state index in [1.807, 2.05) is 26.0 Å². The van der Waals surface area contributed by atoms with Crippen molar-refractivity contribution in [3.63, 3.8) is 0 Å². The van der Waals surface area contributed by atoms with Gasteiger partial charge in [-0.25, -0.2) is 15.0 Å². The second kappa shape index (κ2) is 8.26. The van der Waals surface area contributed by atoms with E-state index in [1.165, 1.54) is 0 Å². The molecule has 2 aliphatic rings. The summed E-state index contributed by atoms with van der Waals surface area (Å²) in [6.07, 6.45) is 13.4. The zero-order valence-corrected chi connectivity index (χ0v) is 17.5. The van der Waals surface area contributed by atoms with Gasteiger partial charge in [-0.05, 0) is 44.7 Å². The highest BCUT2D eigenvalue weighted by Gasteiger charge is 2.62. The number of hydrogen-bond donors (Lipinski definition) is 1. The number of rotatable bonds is 7. The molecule has 1 fully saturated rings. The fourth-order valence-electron chi connectivity index (χ4n) is 4.15. The monoisotopic (exact) mass is 406 g/mol. The van der Waals surface area contributed by atoms with Crippen molar-refractivity contribution < 1.29 is 14.3 Å². The van der Waals surface area contributed by atoms with Gasteiger partial charge in [-0.15, -0.1) is 0 Å². The van der Waals surface area contributed by atoms with Crippen LogP contribution in [0.15, 0.2) is 48.8 Å². The summed E-state index contributed by atoms with van der Waals surface area (Å²) < 4.78 is 11.4.